The second-order valence-corrected chi connectivity index (χ2v) is 5.81. The van der Waals surface area contributed by atoms with Crippen LogP contribution in [0.15, 0.2) is 60.8 Å². The summed E-state index contributed by atoms with van der Waals surface area (Å²) in [5, 5.41) is 20.6. The van der Waals surface area contributed by atoms with Crippen molar-refractivity contribution in [1.29, 1.82) is 0 Å². The minimum absolute atomic E-state index is 0.000000000000000222. The van der Waals surface area contributed by atoms with Crippen molar-refractivity contribution in [3.05, 3.63) is 92.2 Å². The third-order valence-corrected chi connectivity index (χ3v) is 3.37. The lowest BCUT2D eigenvalue weighted by molar-refractivity contribution is -0.385. The average molecular weight is 385 g/mol. The lowest BCUT2D eigenvalue weighted by Crippen LogP contribution is -2.03. The Labute approximate surface area is 161 Å². The number of carbonyl (C=O) groups excluding carboxylic acids is 2. The Hall–Kier alpha value is -3.88. The molecule has 0 heterocycles. The van der Waals surface area contributed by atoms with Gasteiger partial charge >= 0.3 is 0 Å². The molecule has 0 unspecified atom stereocenters. The fraction of sp³-hybridized carbons (Fsp3) is 0.158. The number of nitro groups is 2. The van der Waals surface area contributed by atoms with Gasteiger partial charge in [0.15, 0.2) is 11.6 Å². The van der Waals surface area contributed by atoms with E-state index in [-0.39, 0.29) is 22.9 Å². The van der Waals surface area contributed by atoms with Crippen molar-refractivity contribution < 1.29 is 19.4 Å². The lowest BCUT2D eigenvalue weighted by Gasteiger charge is -2.02. The van der Waals surface area contributed by atoms with Crippen molar-refractivity contribution in [1.82, 2.24) is 4.90 Å². The summed E-state index contributed by atoms with van der Waals surface area (Å²) in [5.41, 5.74) is 0.900. The van der Waals surface area contributed by atoms with Crippen LogP contribution in [0.3, 0.4) is 0 Å². The summed E-state index contributed by atoms with van der Waals surface area (Å²) < 4.78 is 0. The summed E-state index contributed by atoms with van der Waals surface area (Å²) in [5.74, 6) is -0.270. The number of allylic oxidation sites excluding steroid dienone is 1. The molecule has 0 fully saturated rings. The Bertz CT molecular complexity index is 854. The summed E-state index contributed by atoms with van der Waals surface area (Å²) in [6.07, 6.45) is 3.05. The number of ketones is 2. The second kappa shape index (κ2) is 10.3. The van der Waals surface area contributed by atoms with Crippen molar-refractivity contribution in [3.8, 4) is 0 Å². The van der Waals surface area contributed by atoms with Gasteiger partial charge in [0.1, 0.15) is 0 Å². The largest absolute Gasteiger partial charge is 0.383 e. The van der Waals surface area contributed by atoms with Crippen molar-refractivity contribution in [2.75, 3.05) is 14.1 Å². The first-order valence-electron chi connectivity index (χ1n) is 8.00. The first kappa shape index (κ1) is 22.2. The van der Waals surface area contributed by atoms with Crippen LogP contribution in [0.4, 0.5) is 11.4 Å². The topological polar surface area (TPSA) is 124 Å². The van der Waals surface area contributed by atoms with E-state index in [1.54, 1.807) is 25.2 Å². The Balaban J connectivity index is 0.000000292. The van der Waals surface area contributed by atoms with Crippen LogP contribution in [-0.4, -0.2) is 40.4 Å². The third kappa shape index (κ3) is 7.16. The van der Waals surface area contributed by atoms with Crippen LogP contribution in [-0.2, 0) is 0 Å². The molecular weight excluding hydrogens is 366 g/mol. The number of hydrogen-bond acceptors (Lipinski definition) is 7. The molecular formula is C19H19N3O6. The molecule has 0 saturated carbocycles. The SMILES string of the molecule is CC(=O)c1ccc([N+](=O)[O-])cc1.CN(C)C=CC(=O)c1ccc([N+](=O)[O-])cc1. The van der Waals surface area contributed by atoms with E-state index in [2.05, 4.69) is 0 Å². The molecule has 0 aromatic heterocycles. The number of nitro benzene ring substituents is 2. The van der Waals surface area contributed by atoms with Gasteiger partial charge in [-0.3, -0.25) is 29.8 Å². The van der Waals surface area contributed by atoms with Crippen LogP contribution in [0.25, 0.3) is 0 Å². The number of non-ortho nitro benzene ring substituents is 2. The van der Waals surface area contributed by atoms with Crippen LogP contribution >= 0.6 is 0 Å². The highest BCUT2D eigenvalue weighted by atomic mass is 16.6. The first-order valence-corrected chi connectivity index (χ1v) is 8.00. The molecule has 0 aliphatic heterocycles. The van der Waals surface area contributed by atoms with Gasteiger partial charge in [-0.05, 0) is 31.2 Å². The molecule has 28 heavy (non-hydrogen) atoms. The minimum Gasteiger partial charge on any atom is -0.383 e. The first-order chi connectivity index (χ1) is 13.1. The summed E-state index contributed by atoms with van der Waals surface area (Å²) in [6.45, 7) is 1.42. The predicted octanol–water partition coefficient (Wildman–Crippen LogP) is 3.65. The monoisotopic (exact) mass is 385 g/mol. The molecule has 9 nitrogen and oxygen atoms in total. The maximum absolute atomic E-state index is 11.5. The smallest absolute Gasteiger partial charge is 0.269 e. The summed E-state index contributed by atoms with van der Waals surface area (Å²) >= 11 is 0. The molecule has 9 heteroatoms. The Morgan fingerprint density at radius 3 is 1.54 bits per heavy atom. The van der Waals surface area contributed by atoms with Gasteiger partial charge < -0.3 is 4.90 Å². The van der Waals surface area contributed by atoms with Gasteiger partial charge in [-0.15, -0.1) is 0 Å². The van der Waals surface area contributed by atoms with Crippen molar-refractivity contribution in [3.63, 3.8) is 0 Å². The van der Waals surface area contributed by atoms with Gasteiger partial charge in [0.2, 0.25) is 0 Å². The van der Waals surface area contributed by atoms with Gasteiger partial charge in [0.25, 0.3) is 11.4 Å². The Kier molecular flexibility index (Phi) is 8.16. The van der Waals surface area contributed by atoms with Gasteiger partial charge in [0, 0.05) is 61.8 Å². The fourth-order valence-electron chi connectivity index (χ4n) is 1.88. The van der Waals surface area contributed by atoms with Crippen molar-refractivity contribution >= 4 is 22.9 Å². The van der Waals surface area contributed by atoms with E-state index in [9.17, 15) is 29.8 Å². The molecule has 2 rings (SSSR count). The number of carbonyl (C=O) groups is 2. The second-order valence-electron chi connectivity index (χ2n) is 5.81. The molecule has 0 saturated heterocycles. The highest BCUT2D eigenvalue weighted by molar-refractivity contribution is 6.04. The molecule has 0 radical (unpaired) electrons. The van der Waals surface area contributed by atoms with Crippen LogP contribution in [0.1, 0.15) is 27.6 Å². The van der Waals surface area contributed by atoms with E-state index in [1.807, 2.05) is 0 Å². The number of nitrogens with zero attached hydrogens (tertiary/aromatic N) is 3. The minimum atomic E-state index is -0.496. The predicted molar refractivity (Wildman–Crippen MR) is 103 cm³/mol. The zero-order valence-electron chi connectivity index (χ0n) is 15.6. The number of Topliss-reactive ketones (excluding diaryl/α,β-unsaturated/α-hetero) is 1. The van der Waals surface area contributed by atoms with E-state index in [1.165, 1.54) is 61.5 Å². The van der Waals surface area contributed by atoms with E-state index in [0.29, 0.717) is 11.1 Å². The average Bonchev–Trinajstić information content (AvgIpc) is 2.66. The lowest BCUT2D eigenvalue weighted by atomic mass is 10.1. The van der Waals surface area contributed by atoms with E-state index >= 15 is 0 Å². The molecule has 2 aromatic carbocycles. The molecule has 0 N–H and O–H groups in total. The number of rotatable bonds is 6. The molecule has 0 atom stereocenters. The van der Waals surface area contributed by atoms with Gasteiger partial charge in [-0.1, -0.05) is 0 Å². The highest BCUT2D eigenvalue weighted by Crippen LogP contribution is 2.13. The molecule has 0 aliphatic rings. The summed E-state index contributed by atoms with van der Waals surface area (Å²) in [6, 6.07) is 11.0. The quantitative estimate of drug-likeness (QED) is 0.322. The Morgan fingerprint density at radius 2 is 1.21 bits per heavy atom. The van der Waals surface area contributed by atoms with Crippen LogP contribution in [0.2, 0.25) is 0 Å². The van der Waals surface area contributed by atoms with E-state index < -0.39 is 9.85 Å². The van der Waals surface area contributed by atoms with Crippen LogP contribution < -0.4 is 0 Å². The molecule has 2 aromatic rings. The zero-order chi connectivity index (χ0) is 21.3. The third-order valence-electron chi connectivity index (χ3n) is 3.37. The maximum atomic E-state index is 11.5. The number of hydrogen-bond donors (Lipinski definition) is 0. The van der Waals surface area contributed by atoms with Crippen molar-refractivity contribution in [2.45, 2.75) is 6.92 Å². The molecule has 146 valence electrons. The zero-order valence-corrected chi connectivity index (χ0v) is 15.6. The number of benzene rings is 2. The molecule has 0 bridgehead atoms. The van der Waals surface area contributed by atoms with Crippen LogP contribution in [0, 0.1) is 20.2 Å². The fourth-order valence-corrected chi connectivity index (χ4v) is 1.88. The highest BCUT2D eigenvalue weighted by Gasteiger charge is 2.07. The standard InChI is InChI=1S/C11H12N2O3.C8H7NO3/c1-12(2)8-7-11(14)9-3-5-10(6-4-9)13(15)16;1-6(10)7-2-4-8(5-3-7)9(11)12/h3-8H,1-2H3;2-5H,1H3. The van der Waals surface area contributed by atoms with E-state index in [4.69, 9.17) is 0 Å². The van der Waals surface area contributed by atoms with Gasteiger partial charge in [-0.2, -0.15) is 0 Å². The molecule has 0 amide bonds. The van der Waals surface area contributed by atoms with E-state index in [0.717, 1.165) is 0 Å². The summed E-state index contributed by atoms with van der Waals surface area (Å²) in [4.78, 5) is 43.7. The van der Waals surface area contributed by atoms with Gasteiger partial charge in [-0.25, -0.2) is 0 Å². The Morgan fingerprint density at radius 1 is 0.821 bits per heavy atom. The van der Waals surface area contributed by atoms with Crippen LogP contribution in [0.5, 0.6) is 0 Å². The molecule has 0 spiro atoms. The maximum Gasteiger partial charge on any atom is 0.269 e. The normalized spacial score (nSPS) is 9.96. The molecule has 0 aliphatic carbocycles. The van der Waals surface area contributed by atoms with Crippen molar-refractivity contribution in [2.24, 2.45) is 0 Å². The summed E-state index contributed by atoms with van der Waals surface area (Å²) in [7, 11) is 3.61. The van der Waals surface area contributed by atoms with Gasteiger partial charge in [0.05, 0.1) is 9.85 Å².